The van der Waals surface area contributed by atoms with E-state index in [0.717, 1.165) is 0 Å². The topological polar surface area (TPSA) is 35.4 Å². The van der Waals surface area contributed by atoms with Crippen LogP contribution in [-0.2, 0) is 11.4 Å². The van der Waals surface area contributed by atoms with Crippen molar-refractivity contribution in [2.45, 2.75) is 32.4 Å². The summed E-state index contributed by atoms with van der Waals surface area (Å²) >= 11 is 10.1. The number of benzene rings is 1. The number of halogens is 3. The third kappa shape index (κ3) is 3.85. The van der Waals surface area contributed by atoms with Gasteiger partial charge >= 0.3 is 0 Å². The minimum atomic E-state index is -1.45. The largest absolute Gasteiger partial charge is 0.591 e. The smallest absolute Gasteiger partial charge is 0.151 e. The molecule has 0 aliphatic carbocycles. The molecule has 0 saturated heterocycles. The molecule has 0 saturated carbocycles. The van der Waals surface area contributed by atoms with Crippen molar-refractivity contribution in [2.75, 3.05) is 0 Å². The summed E-state index contributed by atoms with van der Waals surface area (Å²) in [7, 11) is 0. The van der Waals surface area contributed by atoms with Gasteiger partial charge in [-0.15, -0.1) is 0 Å². The zero-order valence-corrected chi connectivity index (χ0v) is 12.9. The van der Waals surface area contributed by atoms with E-state index in [4.69, 9.17) is 23.2 Å². The fourth-order valence-electron chi connectivity index (χ4n) is 1.13. The van der Waals surface area contributed by atoms with Crippen LogP contribution in [0, 0.1) is 5.82 Å². The molecule has 0 spiro atoms. The number of nitrogens with zero attached hydrogens (tertiary/aromatic N) is 1. The van der Waals surface area contributed by atoms with E-state index in [-0.39, 0.29) is 10.6 Å². The van der Waals surface area contributed by atoms with Crippen LogP contribution >= 0.6 is 23.2 Å². The van der Waals surface area contributed by atoms with Crippen molar-refractivity contribution in [3.05, 3.63) is 33.6 Å². The van der Waals surface area contributed by atoms with Gasteiger partial charge in [0.05, 0.1) is 10.7 Å². The highest BCUT2D eigenvalue weighted by Gasteiger charge is 2.27. The van der Waals surface area contributed by atoms with Crippen LogP contribution in [-0.4, -0.2) is 15.0 Å². The average Bonchev–Trinajstić information content (AvgIpc) is 2.21. The lowest BCUT2D eigenvalue weighted by Crippen LogP contribution is -2.26. The van der Waals surface area contributed by atoms with Crippen molar-refractivity contribution in [3.8, 4) is 0 Å². The summed E-state index contributed by atoms with van der Waals surface area (Å²) in [6, 6.07) is 2.73. The summed E-state index contributed by atoms with van der Waals surface area (Å²) < 4.78 is 29.2. The average molecular weight is 310 g/mol. The van der Waals surface area contributed by atoms with Gasteiger partial charge in [0.25, 0.3) is 0 Å². The first-order valence-corrected chi connectivity index (χ1v) is 7.11. The Morgan fingerprint density at radius 1 is 1.33 bits per heavy atom. The third-order valence-corrected chi connectivity index (χ3v) is 4.11. The molecule has 0 aliphatic rings. The second-order valence-corrected chi connectivity index (χ2v) is 7.54. The van der Waals surface area contributed by atoms with Gasteiger partial charge in [-0.2, -0.15) is 0 Å². The van der Waals surface area contributed by atoms with Crippen LogP contribution in [0.2, 0.25) is 10.0 Å². The Morgan fingerprint density at radius 2 is 1.89 bits per heavy atom. The van der Waals surface area contributed by atoms with Crippen LogP contribution in [0.5, 0.6) is 0 Å². The van der Waals surface area contributed by atoms with Crippen LogP contribution in [0.1, 0.15) is 33.3 Å². The Labute approximate surface area is 120 Å². The minimum Gasteiger partial charge on any atom is -0.591 e. The van der Waals surface area contributed by atoms with Crippen molar-refractivity contribution in [2.24, 2.45) is 4.40 Å². The molecule has 1 aromatic carbocycles. The second kappa shape index (κ2) is 5.78. The van der Waals surface area contributed by atoms with Crippen molar-refractivity contribution in [1.82, 2.24) is 0 Å². The first-order chi connectivity index (χ1) is 8.12. The summed E-state index contributed by atoms with van der Waals surface area (Å²) in [5, 5.41) is 0.237. The van der Waals surface area contributed by atoms with E-state index in [2.05, 4.69) is 4.40 Å². The lowest BCUT2D eigenvalue weighted by atomic mass is 10.1. The maximum absolute atomic E-state index is 13.8. The highest BCUT2D eigenvalue weighted by Crippen LogP contribution is 2.25. The van der Waals surface area contributed by atoms with Crippen molar-refractivity contribution < 1.29 is 8.94 Å². The summed E-state index contributed by atoms with van der Waals surface area (Å²) in [5.74, 6) is -0.603. The van der Waals surface area contributed by atoms with E-state index in [0.29, 0.717) is 10.7 Å². The molecule has 1 atom stereocenters. The first kappa shape index (κ1) is 15.8. The van der Waals surface area contributed by atoms with Crippen LogP contribution in [0.15, 0.2) is 16.5 Å². The number of rotatable bonds is 2. The molecular formula is C12H14Cl2FNOS. The van der Waals surface area contributed by atoms with E-state index >= 15 is 0 Å². The van der Waals surface area contributed by atoms with E-state index in [1.807, 2.05) is 0 Å². The predicted octanol–water partition coefficient (Wildman–Crippen LogP) is 4.40. The molecule has 18 heavy (non-hydrogen) atoms. The Balaban J connectivity index is 3.19. The fourth-order valence-corrected chi connectivity index (χ4v) is 2.24. The standard InChI is InChI=1S/C12H14Cl2FNOS/c1-7(16-18(17)12(2,3)4)9-5-8(13)6-10(14)11(9)15/h5-6H,1-4H3/b16-7+. The molecule has 0 aliphatic heterocycles. The third-order valence-electron chi connectivity index (χ3n) is 2.13. The lowest BCUT2D eigenvalue weighted by molar-refractivity contribution is 0.561. The summed E-state index contributed by atoms with van der Waals surface area (Å²) in [6.45, 7) is 6.96. The van der Waals surface area contributed by atoms with Crippen molar-refractivity contribution in [1.29, 1.82) is 0 Å². The van der Waals surface area contributed by atoms with E-state index < -0.39 is 21.9 Å². The highest BCUT2D eigenvalue weighted by molar-refractivity contribution is 7.91. The maximum Gasteiger partial charge on any atom is 0.151 e. The second-order valence-electron chi connectivity index (χ2n) is 4.79. The molecule has 0 heterocycles. The minimum absolute atomic E-state index is 0.0754. The zero-order valence-electron chi connectivity index (χ0n) is 10.6. The summed E-state index contributed by atoms with van der Waals surface area (Å²) in [6.07, 6.45) is 0. The van der Waals surface area contributed by atoms with Gasteiger partial charge in [0.15, 0.2) is 5.82 Å². The summed E-state index contributed by atoms with van der Waals surface area (Å²) in [4.78, 5) is 0. The SMILES string of the molecule is C/C(=N\[S+]([O-])C(C)(C)C)c1cc(Cl)cc(Cl)c1F. The van der Waals surface area contributed by atoms with Gasteiger partial charge < -0.3 is 4.55 Å². The first-order valence-electron chi connectivity index (χ1n) is 5.25. The molecule has 1 aromatic rings. The molecular weight excluding hydrogens is 296 g/mol. The Morgan fingerprint density at radius 3 is 2.39 bits per heavy atom. The van der Waals surface area contributed by atoms with Gasteiger partial charge in [0.1, 0.15) is 16.1 Å². The number of hydrogen-bond acceptors (Lipinski definition) is 2. The van der Waals surface area contributed by atoms with Gasteiger partial charge in [0, 0.05) is 10.6 Å². The van der Waals surface area contributed by atoms with Gasteiger partial charge in [0.2, 0.25) is 0 Å². The van der Waals surface area contributed by atoms with E-state index in [1.54, 1.807) is 27.7 Å². The molecule has 1 unspecified atom stereocenters. The molecule has 2 nitrogen and oxygen atoms in total. The Kier molecular flexibility index (Phi) is 5.06. The molecule has 0 aromatic heterocycles. The van der Waals surface area contributed by atoms with Gasteiger partial charge in [-0.3, -0.25) is 0 Å². The van der Waals surface area contributed by atoms with Crippen molar-refractivity contribution >= 4 is 40.3 Å². The highest BCUT2D eigenvalue weighted by atomic mass is 35.5. The number of hydrogen-bond donors (Lipinski definition) is 0. The Bertz CT molecular complexity index is 486. The predicted molar refractivity (Wildman–Crippen MR) is 76.5 cm³/mol. The van der Waals surface area contributed by atoms with Crippen LogP contribution < -0.4 is 0 Å². The lowest BCUT2D eigenvalue weighted by Gasteiger charge is -2.19. The Hall–Kier alpha value is -0.290. The van der Waals surface area contributed by atoms with Gasteiger partial charge in [-0.1, -0.05) is 27.6 Å². The quantitative estimate of drug-likeness (QED) is 0.453. The van der Waals surface area contributed by atoms with E-state index in [9.17, 15) is 8.94 Å². The maximum atomic E-state index is 13.8. The normalized spacial score (nSPS) is 14.8. The molecule has 0 amide bonds. The van der Waals surface area contributed by atoms with Crippen LogP contribution in [0.25, 0.3) is 0 Å². The molecule has 0 radical (unpaired) electrons. The van der Waals surface area contributed by atoms with Gasteiger partial charge in [-0.05, 0) is 39.8 Å². The molecule has 0 fully saturated rings. The van der Waals surface area contributed by atoms with E-state index in [1.165, 1.54) is 12.1 Å². The van der Waals surface area contributed by atoms with Gasteiger partial charge in [-0.25, -0.2) is 4.39 Å². The fraction of sp³-hybridized carbons (Fsp3) is 0.417. The monoisotopic (exact) mass is 309 g/mol. The molecule has 100 valence electrons. The zero-order chi connectivity index (χ0) is 14.1. The van der Waals surface area contributed by atoms with Crippen LogP contribution in [0.3, 0.4) is 0 Å². The molecule has 0 N–H and O–H groups in total. The summed E-state index contributed by atoms with van der Waals surface area (Å²) in [5.41, 5.74) is 0.482. The van der Waals surface area contributed by atoms with Crippen LogP contribution in [0.4, 0.5) is 4.39 Å². The molecule has 6 heteroatoms. The molecule has 1 rings (SSSR count). The van der Waals surface area contributed by atoms with Crippen molar-refractivity contribution in [3.63, 3.8) is 0 Å². The molecule has 0 bridgehead atoms.